The molecule has 0 aromatic carbocycles. The van der Waals surface area contributed by atoms with Crippen LogP contribution in [-0.2, 0) is 19.6 Å². The van der Waals surface area contributed by atoms with Crippen LogP contribution in [0, 0.1) is 0 Å². The van der Waals surface area contributed by atoms with Gasteiger partial charge in [0, 0.05) is 13.1 Å². The van der Waals surface area contributed by atoms with Crippen molar-refractivity contribution in [2.24, 2.45) is 0 Å². The Morgan fingerprint density at radius 3 is 2.75 bits per heavy atom. The van der Waals surface area contributed by atoms with Gasteiger partial charge in [0.25, 0.3) is 15.9 Å². The predicted molar refractivity (Wildman–Crippen MR) is 57.3 cm³/mol. The number of sulfonamides is 1. The molecule has 2 aliphatic heterocycles. The summed E-state index contributed by atoms with van der Waals surface area (Å²) in [5.41, 5.74) is 0. The van der Waals surface area contributed by atoms with Gasteiger partial charge < -0.3 is 10.1 Å². The summed E-state index contributed by atoms with van der Waals surface area (Å²) in [4.78, 5) is 11.6. The molecule has 1 N–H and O–H groups in total. The SMILES string of the molecule is CC1(C)C(=O)N(CC2CNCCO2)S1(=O)=O. The first-order valence-electron chi connectivity index (χ1n) is 5.26. The van der Waals surface area contributed by atoms with Crippen LogP contribution in [0.5, 0.6) is 0 Å². The topological polar surface area (TPSA) is 75.7 Å². The van der Waals surface area contributed by atoms with Crippen molar-refractivity contribution in [3.8, 4) is 0 Å². The molecule has 0 aliphatic carbocycles. The van der Waals surface area contributed by atoms with Gasteiger partial charge in [-0.2, -0.15) is 0 Å². The third-order valence-corrected chi connectivity index (χ3v) is 5.41. The van der Waals surface area contributed by atoms with Crippen molar-refractivity contribution < 1.29 is 17.9 Å². The van der Waals surface area contributed by atoms with Crippen LogP contribution < -0.4 is 5.32 Å². The maximum Gasteiger partial charge on any atom is 0.258 e. The molecule has 0 bridgehead atoms. The number of amides is 1. The average Bonchev–Trinajstić information content (AvgIpc) is 2.26. The molecule has 7 heteroatoms. The van der Waals surface area contributed by atoms with E-state index in [0.717, 1.165) is 10.8 Å². The lowest BCUT2D eigenvalue weighted by Gasteiger charge is -2.44. The largest absolute Gasteiger partial charge is 0.374 e. The number of hydrogen-bond donors (Lipinski definition) is 1. The molecular weight excluding hydrogens is 232 g/mol. The highest BCUT2D eigenvalue weighted by molar-refractivity contribution is 7.94. The van der Waals surface area contributed by atoms with Gasteiger partial charge in [-0.1, -0.05) is 0 Å². The van der Waals surface area contributed by atoms with Crippen LogP contribution in [-0.4, -0.2) is 55.7 Å². The van der Waals surface area contributed by atoms with Gasteiger partial charge in [-0.05, 0) is 13.8 Å². The van der Waals surface area contributed by atoms with E-state index < -0.39 is 14.8 Å². The Labute approximate surface area is 95.0 Å². The Morgan fingerprint density at radius 2 is 2.25 bits per heavy atom. The zero-order chi connectivity index (χ0) is 12.0. The average molecular weight is 248 g/mol. The molecule has 6 nitrogen and oxygen atoms in total. The van der Waals surface area contributed by atoms with E-state index in [1.165, 1.54) is 13.8 Å². The molecule has 0 saturated carbocycles. The molecular formula is C9H16N2O4S. The Balaban J connectivity index is 2.04. The van der Waals surface area contributed by atoms with Crippen molar-refractivity contribution in [2.45, 2.75) is 24.7 Å². The minimum absolute atomic E-state index is 0.123. The summed E-state index contributed by atoms with van der Waals surface area (Å²) in [5.74, 6) is -0.346. The number of carbonyl (C=O) groups excluding carboxylic acids is 1. The third-order valence-electron chi connectivity index (χ3n) is 3.05. The van der Waals surface area contributed by atoms with E-state index in [0.29, 0.717) is 13.2 Å². The second-order valence-corrected chi connectivity index (χ2v) is 6.96. The first-order chi connectivity index (χ1) is 7.37. The fraction of sp³-hybridized carbons (Fsp3) is 0.889. The van der Waals surface area contributed by atoms with Gasteiger partial charge in [0.05, 0.1) is 19.3 Å². The normalized spacial score (nSPS) is 32.2. The Bertz CT molecular complexity index is 398. The zero-order valence-electron chi connectivity index (χ0n) is 9.39. The molecule has 16 heavy (non-hydrogen) atoms. The van der Waals surface area contributed by atoms with Crippen molar-refractivity contribution >= 4 is 15.9 Å². The minimum atomic E-state index is -3.47. The number of hydrogen-bond acceptors (Lipinski definition) is 5. The van der Waals surface area contributed by atoms with Crippen molar-refractivity contribution in [3.63, 3.8) is 0 Å². The third kappa shape index (κ3) is 1.54. The van der Waals surface area contributed by atoms with Crippen molar-refractivity contribution in [1.29, 1.82) is 0 Å². The standard InChI is InChI=1S/C9H16N2O4S/c1-9(2)8(12)11(16(9,13)14)6-7-5-10-3-4-15-7/h7,10H,3-6H2,1-2H3. The number of nitrogens with one attached hydrogen (secondary N) is 1. The van der Waals surface area contributed by atoms with Crippen LogP contribution in [0.25, 0.3) is 0 Å². The first-order valence-corrected chi connectivity index (χ1v) is 6.70. The van der Waals surface area contributed by atoms with Crippen molar-refractivity contribution in [3.05, 3.63) is 0 Å². The van der Waals surface area contributed by atoms with Crippen LogP contribution in [0.2, 0.25) is 0 Å². The second kappa shape index (κ2) is 3.68. The highest BCUT2D eigenvalue weighted by Gasteiger charge is 2.60. The molecule has 2 heterocycles. The van der Waals surface area contributed by atoms with Crippen LogP contribution in [0.15, 0.2) is 0 Å². The molecule has 0 radical (unpaired) electrons. The van der Waals surface area contributed by atoms with E-state index in [1.807, 2.05) is 0 Å². The molecule has 0 aromatic rings. The number of rotatable bonds is 2. The van der Waals surface area contributed by atoms with Crippen LogP contribution in [0.4, 0.5) is 0 Å². The lowest BCUT2D eigenvalue weighted by molar-refractivity contribution is -0.134. The first kappa shape index (κ1) is 11.8. The van der Waals surface area contributed by atoms with Crippen LogP contribution >= 0.6 is 0 Å². The van der Waals surface area contributed by atoms with Gasteiger partial charge in [0.15, 0.2) is 4.75 Å². The Morgan fingerprint density at radius 1 is 1.56 bits per heavy atom. The molecule has 0 aromatic heterocycles. The number of ether oxygens (including phenoxy) is 1. The van der Waals surface area contributed by atoms with Gasteiger partial charge in [0.2, 0.25) is 0 Å². The van der Waals surface area contributed by atoms with Crippen LogP contribution in [0.3, 0.4) is 0 Å². The van der Waals surface area contributed by atoms with E-state index in [4.69, 9.17) is 4.74 Å². The second-order valence-electron chi connectivity index (χ2n) is 4.55. The summed E-state index contributed by atoms with van der Waals surface area (Å²) in [6.45, 7) is 4.89. The van der Waals surface area contributed by atoms with E-state index in [-0.39, 0.29) is 18.6 Å². The minimum Gasteiger partial charge on any atom is -0.374 e. The maximum absolute atomic E-state index is 11.8. The smallest absolute Gasteiger partial charge is 0.258 e. The van der Waals surface area contributed by atoms with E-state index in [9.17, 15) is 13.2 Å². The number of morpholine rings is 1. The predicted octanol–water partition coefficient (Wildman–Crippen LogP) is -1.07. The van der Waals surface area contributed by atoms with Gasteiger partial charge in [0.1, 0.15) is 0 Å². The van der Waals surface area contributed by atoms with Gasteiger partial charge in [-0.25, -0.2) is 12.7 Å². The molecule has 92 valence electrons. The molecule has 1 amide bonds. The monoisotopic (exact) mass is 248 g/mol. The highest BCUT2D eigenvalue weighted by atomic mass is 32.2. The van der Waals surface area contributed by atoms with Gasteiger partial charge >= 0.3 is 0 Å². The highest BCUT2D eigenvalue weighted by Crippen LogP contribution is 2.34. The summed E-state index contributed by atoms with van der Waals surface area (Å²) in [7, 11) is -3.47. The molecule has 1 unspecified atom stereocenters. The maximum atomic E-state index is 11.8. The molecule has 2 rings (SSSR count). The van der Waals surface area contributed by atoms with Gasteiger partial charge in [-0.15, -0.1) is 0 Å². The molecule has 2 saturated heterocycles. The Kier molecular flexibility index (Phi) is 2.72. The lowest BCUT2D eigenvalue weighted by atomic mass is 10.1. The van der Waals surface area contributed by atoms with E-state index in [1.54, 1.807) is 0 Å². The van der Waals surface area contributed by atoms with Crippen LogP contribution in [0.1, 0.15) is 13.8 Å². The fourth-order valence-corrected chi connectivity index (χ4v) is 3.42. The van der Waals surface area contributed by atoms with Crippen molar-refractivity contribution in [2.75, 3.05) is 26.2 Å². The molecule has 0 spiro atoms. The summed E-state index contributed by atoms with van der Waals surface area (Å²) in [6, 6.07) is 0. The molecule has 2 aliphatic rings. The summed E-state index contributed by atoms with van der Waals surface area (Å²) in [6.07, 6.45) is -0.233. The zero-order valence-corrected chi connectivity index (χ0v) is 10.2. The summed E-state index contributed by atoms with van der Waals surface area (Å²) in [5, 5.41) is 3.09. The summed E-state index contributed by atoms with van der Waals surface area (Å²) < 4.78 is 28.6. The molecule has 1 atom stereocenters. The lowest BCUT2D eigenvalue weighted by Crippen LogP contribution is -2.69. The van der Waals surface area contributed by atoms with E-state index in [2.05, 4.69) is 5.32 Å². The number of carbonyl (C=O) groups is 1. The quantitative estimate of drug-likeness (QED) is 0.673. The van der Waals surface area contributed by atoms with Crippen molar-refractivity contribution in [1.82, 2.24) is 9.62 Å². The van der Waals surface area contributed by atoms with E-state index >= 15 is 0 Å². The Hall–Kier alpha value is -0.660. The summed E-state index contributed by atoms with van der Waals surface area (Å²) >= 11 is 0. The number of nitrogens with zero attached hydrogens (tertiary/aromatic N) is 1. The fourth-order valence-electron chi connectivity index (χ4n) is 1.86. The van der Waals surface area contributed by atoms with Gasteiger partial charge in [-0.3, -0.25) is 4.79 Å². The molecule has 2 fully saturated rings.